The lowest BCUT2D eigenvalue weighted by Crippen LogP contribution is -2.27. The van der Waals surface area contributed by atoms with Crippen molar-refractivity contribution < 1.29 is 22.7 Å². The van der Waals surface area contributed by atoms with Gasteiger partial charge < -0.3 is 15.0 Å². The number of thioether (sulfide) groups is 1. The molecule has 1 aliphatic rings. The molecule has 0 fully saturated rings. The van der Waals surface area contributed by atoms with Crippen molar-refractivity contribution >= 4 is 28.9 Å². The number of anilines is 1. The molecule has 1 N–H and O–H groups in total. The largest absolute Gasteiger partial charge is 0.497 e. The Kier molecular flexibility index (Phi) is 8.13. The number of allylic oxidation sites excluding steroid dienone is 2. The number of nitrogens with one attached hydrogen (secondary N) is 1. The van der Waals surface area contributed by atoms with E-state index in [4.69, 9.17) is 4.74 Å². The molecule has 3 aromatic rings. The van der Waals surface area contributed by atoms with Crippen LogP contribution in [-0.4, -0.2) is 30.7 Å². The van der Waals surface area contributed by atoms with Crippen LogP contribution in [0.15, 0.2) is 95.5 Å². The van der Waals surface area contributed by atoms with Gasteiger partial charge in [0.25, 0.3) is 0 Å². The second-order valence-electron chi connectivity index (χ2n) is 8.48. The summed E-state index contributed by atoms with van der Waals surface area (Å²) in [4.78, 5) is 14.7. The van der Waals surface area contributed by atoms with Gasteiger partial charge in [-0.05, 0) is 47.5 Å². The number of carbonyl (C=O) groups excluding carboxylic acids is 1. The van der Waals surface area contributed by atoms with Crippen molar-refractivity contribution in [1.82, 2.24) is 4.90 Å². The van der Waals surface area contributed by atoms with Gasteiger partial charge >= 0.3 is 6.18 Å². The molecule has 4 rings (SSSR count). The molecule has 9 heteroatoms. The molecule has 0 spiro atoms. The van der Waals surface area contributed by atoms with Crippen molar-refractivity contribution in [2.24, 2.45) is 0 Å². The van der Waals surface area contributed by atoms with Crippen LogP contribution >= 0.6 is 11.8 Å². The van der Waals surface area contributed by atoms with Gasteiger partial charge in [0.05, 0.1) is 35.1 Å². The highest BCUT2D eigenvalue weighted by atomic mass is 32.2. The van der Waals surface area contributed by atoms with E-state index in [-0.39, 0.29) is 17.5 Å². The molecule has 1 heterocycles. The molecule has 1 atom stereocenters. The van der Waals surface area contributed by atoms with Gasteiger partial charge in [-0.2, -0.15) is 18.4 Å². The SMILES string of the molecule is COc1ccc(C2=CC(c3ccccc3)N(C)C(SCC(=O)Nc3cccc(C(F)(F)F)c3)=C2C#N)cc1. The number of hydrogen-bond donors (Lipinski definition) is 1. The average Bonchev–Trinajstić information content (AvgIpc) is 2.92. The van der Waals surface area contributed by atoms with Crippen molar-refractivity contribution in [1.29, 1.82) is 5.26 Å². The number of nitriles is 1. The first-order chi connectivity index (χ1) is 18.2. The Labute approximate surface area is 223 Å². The van der Waals surface area contributed by atoms with Crippen LogP contribution in [0.5, 0.6) is 5.75 Å². The second kappa shape index (κ2) is 11.5. The predicted molar refractivity (Wildman–Crippen MR) is 143 cm³/mol. The molecular formula is C29H24F3N3O2S. The molecular weight excluding hydrogens is 511 g/mol. The molecule has 38 heavy (non-hydrogen) atoms. The van der Waals surface area contributed by atoms with Gasteiger partial charge in [-0.15, -0.1) is 0 Å². The zero-order valence-electron chi connectivity index (χ0n) is 20.6. The summed E-state index contributed by atoms with van der Waals surface area (Å²) < 4.78 is 44.4. The Balaban J connectivity index is 1.63. The fourth-order valence-corrected chi connectivity index (χ4v) is 5.10. The van der Waals surface area contributed by atoms with Crippen LogP contribution in [0, 0.1) is 11.3 Å². The number of amides is 1. The molecule has 0 bridgehead atoms. The molecule has 0 saturated carbocycles. The predicted octanol–water partition coefficient (Wildman–Crippen LogP) is 6.89. The molecule has 3 aromatic carbocycles. The van der Waals surface area contributed by atoms with Crippen LogP contribution in [0.4, 0.5) is 18.9 Å². The first-order valence-corrected chi connectivity index (χ1v) is 12.6. The smallest absolute Gasteiger partial charge is 0.416 e. The van der Waals surface area contributed by atoms with E-state index in [0.29, 0.717) is 16.4 Å². The maximum Gasteiger partial charge on any atom is 0.416 e. The van der Waals surface area contributed by atoms with Gasteiger partial charge in [0, 0.05) is 18.3 Å². The second-order valence-corrected chi connectivity index (χ2v) is 9.45. The van der Waals surface area contributed by atoms with E-state index in [9.17, 15) is 23.2 Å². The fourth-order valence-electron chi connectivity index (χ4n) is 4.14. The summed E-state index contributed by atoms with van der Waals surface area (Å²) in [7, 11) is 3.43. The minimum absolute atomic E-state index is 0.0536. The topological polar surface area (TPSA) is 65.4 Å². The zero-order chi connectivity index (χ0) is 27.3. The normalized spacial score (nSPS) is 15.5. The summed E-state index contributed by atoms with van der Waals surface area (Å²) in [5.74, 6) is 0.105. The molecule has 1 amide bonds. The number of nitrogens with zero attached hydrogens (tertiary/aromatic N) is 2. The Morgan fingerprint density at radius 2 is 1.79 bits per heavy atom. The summed E-state index contributed by atoms with van der Waals surface area (Å²) in [6.07, 6.45) is -2.49. The molecule has 0 radical (unpaired) electrons. The maximum atomic E-state index is 13.0. The third-order valence-electron chi connectivity index (χ3n) is 6.01. The minimum atomic E-state index is -4.51. The molecule has 0 aliphatic carbocycles. The Morgan fingerprint density at radius 3 is 2.42 bits per heavy atom. The number of carbonyl (C=O) groups is 1. The van der Waals surface area contributed by atoms with Crippen LogP contribution in [0.25, 0.3) is 5.57 Å². The highest BCUT2D eigenvalue weighted by Gasteiger charge is 2.31. The molecule has 0 saturated heterocycles. The summed E-state index contributed by atoms with van der Waals surface area (Å²) in [5, 5.41) is 13.3. The quantitative estimate of drug-likeness (QED) is 0.357. The summed E-state index contributed by atoms with van der Waals surface area (Å²) in [6, 6.07) is 23.7. The number of halogens is 3. The summed E-state index contributed by atoms with van der Waals surface area (Å²) in [6.45, 7) is 0. The monoisotopic (exact) mass is 535 g/mol. The van der Waals surface area contributed by atoms with Crippen molar-refractivity contribution in [3.05, 3.63) is 112 Å². The number of ether oxygens (including phenoxy) is 1. The lowest BCUT2D eigenvalue weighted by atomic mass is 9.91. The average molecular weight is 536 g/mol. The van der Waals surface area contributed by atoms with E-state index in [2.05, 4.69) is 11.4 Å². The highest BCUT2D eigenvalue weighted by molar-refractivity contribution is 8.03. The van der Waals surface area contributed by atoms with E-state index in [0.717, 1.165) is 40.6 Å². The van der Waals surface area contributed by atoms with Gasteiger partial charge in [0.1, 0.15) is 11.8 Å². The van der Waals surface area contributed by atoms with Crippen LogP contribution in [0.2, 0.25) is 0 Å². The van der Waals surface area contributed by atoms with Crippen LogP contribution in [0.1, 0.15) is 22.7 Å². The third kappa shape index (κ3) is 6.03. The zero-order valence-corrected chi connectivity index (χ0v) is 21.4. The molecule has 0 aromatic heterocycles. The number of methoxy groups -OCH3 is 1. The van der Waals surface area contributed by atoms with Gasteiger partial charge in [-0.25, -0.2) is 0 Å². The lowest BCUT2D eigenvalue weighted by Gasteiger charge is -2.35. The van der Waals surface area contributed by atoms with E-state index < -0.39 is 17.6 Å². The first kappa shape index (κ1) is 26.9. The van der Waals surface area contributed by atoms with Gasteiger partial charge in [0.15, 0.2) is 0 Å². The number of rotatable bonds is 7. The Hall–Kier alpha value is -4.16. The van der Waals surface area contributed by atoms with E-state index in [1.54, 1.807) is 7.11 Å². The standard InChI is InChI=1S/C29H24F3N3O2S/c1-35-26(20-7-4-3-5-8-20)16-24(19-11-13-23(37-2)14-12-19)25(17-33)28(35)38-18-27(36)34-22-10-6-9-21(15-22)29(30,31)32/h3-16,26H,18H2,1-2H3,(H,34,36). The Bertz CT molecular complexity index is 1410. The van der Waals surface area contributed by atoms with Gasteiger partial charge in [-0.1, -0.05) is 60.3 Å². The van der Waals surface area contributed by atoms with Crippen molar-refractivity contribution in [3.63, 3.8) is 0 Å². The first-order valence-electron chi connectivity index (χ1n) is 11.6. The van der Waals surface area contributed by atoms with E-state index in [1.165, 1.54) is 12.1 Å². The van der Waals surface area contributed by atoms with Crippen molar-refractivity contribution in [2.75, 3.05) is 25.2 Å². The van der Waals surface area contributed by atoms with Crippen LogP contribution < -0.4 is 10.1 Å². The lowest BCUT2D eigenvalue weighted by molar-refractivity contribution is -0.137. The number of alkyl halides is 3. The molecule has 1 aliphatic heterocycles. The van der Waals surface area contributed by atoms with Crippen molar-refractivity contribution in [3.8, 4) is 11.8 Å². The van der Waals surface area contributed by atoms with Crippen LogP contribution in [-0.2, 0) is 11.0 Å². The Morgan fingerprint density at radius 1 is 1.08 bits per heavy atom. The molecule has 1 unspecified atom stereocenters. The van der Waals surface area contributed by atoms with E-state index in [1.807, 2.05) is 72.6 Å². The highest BCUT2D eigenvalue weighted by Crippen LogP contribution is 2.43. The third-order valence-corrected chi connectivity index (χ3v) is 7.18. The van der Waals surface area contributed by atoms with Crippen LogP contribution in [0.3, 0.4) is 0 Å². The molecule has 5 nitrogen and oxygen atoms in total. The maximum absolute atomic E-state index is 13.0. The number of hydrogen-bond acceptors (Lipinski definition) is 5. The minimum Gasteiger partial charge on any atom is -0.497 e. The number of benzene rings is 3. The van der Waals surface area contributed by atoms with Crippen molar-refractivity contribution in [2.45, 2.75) is 12.2 Å². The fraction of sp³-hybridized carbons (Fsp3) is 0.172. The molecule has 194 valence electrons. The summed E-state index contributed by atoms with van der Waals surface area (Å²) >= 11 is 1.16. The van der Waals surface area contributed by atoms with E-state index >= 15 is 0 Å². The van der Waals surface area contributed by atoms with Gasteiger partial charge in [0.2, 0.25) is 5.91 Å². The van der Waals surface area contributed by atoms with Gasteiger partial charge in [-0.3, -0.25) is 4.79 Å². The number of likely N-dealkylation sites (N-methyl/N-ethyl adjacent to an activating group) is 1. The summed E-state index contributed by atoms with van der Waals surface area (Å²) in [5.41, 5.74) is 2.17.